The van der Waals surface area contributed by atoms with Crippen molar-refractivity contribution in [2.45, 2.75) is 19.5 Å². The van der Waals surface area contributed by atoms with E-state index in [1.807, 2.05) is 91.9 Å². The molecule has 2 heterocycles. The summed E-state index contributed by atoms with van der Waals surface area (Å²) in [5.41, 5.74) is 3.75. The second kappa shape index (κ2) is 15.6. The van der Waals surface area contributed by atoms with Crippen LogP contribution in [0.25, 0.3) is 11.6 Å². The summed E-state index contributed by atoms with van der Waals surface area (Å²) >= 11 is 1.17. The Morgan fingerprint density at radius 3 is 2.00 bits per heavy atom. The zero-order valence-electron chi connectivity index (χ0n) is 27.6. The van der Waals surface area contributed by atoms with E-state index in [0.717, 1.165) is 16.9 Å². The minimum atomic E-state index is -0.365. The van der Waals surface area contributed by atoms with Crippen LogP contribution in [0, 0.1) is 11.3 Å². The number of ether oxygens (including phenoxy) is 2. The van der Waals surface area contributed by atoms with Crippen molar-refractivity contribution in [3.8, 4) is 17.6 Å². The van der Waals surface area contributed by atoms with Gasteiger partial charge in [0.05, 0.1) is 30.8 Å². The number of carbonyl (C=O) groups is 1. The summed E-state index contributed by atoms with van der Waals surface area (Å²) in [6, 6.07) is 37.9. The smallest absolute Gasteiger partial charge is 0.269 e. The molecule has 1 aromatic heterocycles. The molecule has 1 fully saturated rings. The van der Waals surface area contributed by atoms with Crippen LogP contribution in [0.15, 0.2) is 114 Å². The van der Waals surface area contributed by atoms with Gasteiger partial charge in [0.15, 0.2) is 5.57 Å². The largest absolute Gasteiger partial charge is 0.497 e. The van der Waals surface area contributed by atoms with E-state index in [-0.39, 0.29) is 29.6 Å². The lowest BCUT2D eigenvalue weighted by molar-refractivity contribution is -0.126. The SMILES string of the molecule is CCOc1ccc(/C=c2/s/c(=C(\C#N)C(=O)N3CCN(C(c4ccccc4)c4ccccc4)CC3)n(Cc3ccc(OC)cc3)c2=O)cc1. The number of piperazine rings is 1. The summed E-state index contributed by atoms with van der Waals surface area (Å²) in [5, 5.41) is 10.5. The van der Waals surface area contributed by atoms with Gasteiger partial charge in [-0.2, -0.15) is 5.26 Å². The van der Waals surface area contributed by atoms with Gasteiger partial charge in [0.1, 0.15) is 22.2 Å². The van der Waals surface area contributed by atoms with Crippen molar-refractivity contribution >= 4 is 28.9 Å². The molecule has 0 spiro atoms. The van der Waals surface area contributed by atoms with Crippen LogP contribution in [0.2, 0.25) is 0 Å². The van der Waals surface area contributed by atoms with Crippen LogP contribution >= 0.6 is 11.3 Å². The number of carbonyl (C=O) groups excluding carboxylic acids is 1. The first kappa shape index (κ1) is 33.5. The summed E-state index contributed by atoms with van der Waals surface area (Å²) < 4.78 is 13.2. The highest BCUT2D eigenvalue weighted by molar-refractivity contribution is 7.07. The Hall–Kier alpha value is -5.43. The van der Waals surface area contributed by atoms with Gasteiger partial charge in [0.25, 0.3) is 11.5 Å². The van der Waals surface area contributed by atoms with Crippen molar-refractivity contribution in [1.29, 1.82) is 5.26 Å². The number of benzene rings is 4. The van der Waals surface area contributed by atoms with E-state index < -0.39 is 0 Å². The molecule has 6 rings (SSSR count). The Labute approximate surface area is 290 Å². The fourth-order valence-electron chi connectivity index (χ4n) is 6.15. The maximum Gasteiger partial charge on any atom is 0.269 e. The number of nitrogens with zero attached hydrogens (tertiary/aromatic N) is 4. The third-order valence-corrected chi connectivity index (χ3v) is 9.76. The normalized spacial score (nSPS) is 14.4. The maximum atomic E-state index is 14.1. The van der Waals surface area contributed by atoms with E-state index in [0.29, 0.717) is 47.7 Å². The van der Waals surface area contributed by atoms with E-state index in [9.17, 15) is 14.9 Å². The standard InChI is InChI=1S/C40H38N4O4S/c1-3-48-34-20-14-29(15-21-34)26-36-39(46)44(28-30-16-18-33(47-2)19-17-30)40(49-36)35(27-41)38(45)43-24-22-42(23-25-43)37(31-10-6-4-7-11-31)32-12-8-5-9-13-32/h4-21,26,37H,3,22-25,28H2,1-2H3/b36-26+,40-35+. The molecular formula is C40H38N4O4S. The highest BCUT2D eigenvalue weighted by atomic mass is 32.1. The Balaban J connectivity index is 1.34. The molecule has 49 heavy (non-hydrogen) atoms. The predicted octanol–water partition coefficient (Wildman–Crippen LogP) is 4.80. The molecule has 0 bridgehead atoms. The number of amides is 1. The summed E-state index contributed by atoms with van der Waals surface area (Å²) in [5.74, 6) is 1.08. The molecule has 248 valence electrons. The first-order valence-corrected chi connectivity index (χ1v) is 17.2. The number of methoxy groups -OCH3 is 1. The molecule has 1 aliphatic heterocycles. The topological polar surface area (TPSA) is 87.8 Å². The van der Waals surface area contributed by atoms with Crippen molar-refractivity contribution < 1.29 is 14.3 Å². The zero-order chi connectivity index (χ0) is 34.2. The Bertz CT molecular complexity index is 2050. The van der Waals surface area contributed by atoms with Crippen molar-refractivity contribution in [1.82, 2.24) is 14.4 Å². The van der Waals surface area contributed by atoms with Gasteiger partial charge in [-0.1, -0.05) is 84.9 Å². The molecule has 0 aliphatic carbocycles. The Morgan fingerprint density at radius 1 is 0.857 bits per heavy atom. The molecule has 1 aliphatic rings. The Kier molecular flexibility index (Phi) is 10.7. The highest BCUT2D eigenvalue weighted by Crippen LogP contribution is 2.29. The molecule has 4 aromatic carbocycles. The van der Waals surface area contributed by atoms with Gasteiger partial charge < -0.3 is 14.4 Å². The van der Waals surface area contributed by atoms with Gasteiger partial charge in [0, 0.05) is 26.2 Å². The van der Waals surface area contributed by atoms with E-state index >= 15 is 0 Å². The monoisotopic (exact) mass is 670 g/mol. The van der Waals surface area contributed by atoms with Crippen molar-refractivity contribution in [2.24, 2.45) is 0 Å². The lowest BCUT2D eigenvalue weighted by atomic mass is 9.96. The van der Waals surface area contributed by atoms with Gasteiger partial charge in [0.2, 0.25) is 0 Å². The summed E-state index contributed by atoms with van der Waals surface area (Å²) in [6.07, 6.45) is 1.79. The van der Waals surface area contributed by atoms with Gasteiger partial charge >= 0.3 is 0 Å². The molecule has 1 amide bonds. The molecule has 0 radical (unpaired) electrons. The molecule has 5 aromatic rings. The van der Waals surface area contributed by atoms with Gasteiger partial charge in [-0.3, -0.25) is 19.1 Å². The minimum Gasteiger partial charge on any atom is -0.497 e. The Morgan fingerprint density at radius 2 is 1.45 bits per heavy atom. The average Bonchev–Trinajstić information content (AvgIpc) is 3.44. The van der Waals surface area contributed by atoms with Crippen LogP contribution in [0.1, 0.15) is 35.2 Å². The summed E-state index contributed by atoms with van der Waals surface area (Å²) in [6.45, 7) is 4.88. The predicted molar refractivity (Wildman–Crippen MR) is 193 cm³/mol. The molecule has 1 saturated heterocycles. The quantitative estimate of drug-likeness (QED) is 0.212. The van der Waals surface area contributed by atoms with Gasteiger partial charge in [-0.15, -0.1) is 11.3 Å². The number of aromatic nitrogens is 1. The number of hydrogen-bond acceptors (Lipinski definition) is 7. The number of hydrogen-bond donors (Lipinski definition) is 0. The average molecular weight is 671 g/mol. The third-order valence-electron chi connectivity index (χ3n) is 8.63. The second-order valence-electron chi connectivity index (χ2n) is 11.7. The van der Waals surface area contributed by atoms with E-state index in [2.05, 4.69) is 35.2 Å². The molecule has 0 unspecified atom stereocenters. The molecule has 0 N–H and O–H groups in total. The van der Waals surface area contributed by atoms with Crippen LogP contribution in [0.3, 0.4) is 0 Å². The van der Waals surface area contributed by atoms with E-state index in [1.165, 1.54) is 22.5 Å². The molecular weight excluding hydrogens is 633 g/mol. The summed E-state index contributed by atoms with van der Waals surface area (Å²) in [4.78, 5) is 32.2. The maximum absolute atomic E-state index is 14.1. The fourth-order valence-corrected chi connectivity index (χ4v) is 7.25. The third kappa shape index (κ3) is 7.67. The van der Waals surface area contributed by atoms with Crippen LogP contribution in [0.4, 0.5) is 0 Å². The van der Waals surface area contributed by atoms with Crippen molar-refractivity contribution in [3.05, 3.63) is 151 Å². The molecule has 0 saturated carbocycles. The van der Waals surface area contributed by atoms with Gasteiger partial charge in [-0.05, 0) is 59.5 Å². The first-order chi connectivity index (χ1) is 24.0. The minimum absolute atomic E-state index is 0.0296. The number of rotatable bonds is 10. The number of thiazole rings is 1. The summed E-state index contributed by atoms with van der Waals surface area (Å²) in [7, 11) is 1.60. The fraction of sp³-hybridized carbons (Fsp3) is 0.225. The van der Waals surface area contributed by atoms with Gasteiger partial charge in [-0.25, -0.2) is 0 Å². The van der Waals surface area contributed by atoms with Crippen LogP contribution in [0.5, 0.6) is 11.5 Å². The molecule has 8 nitrogen and oxygen atoms in total. The van der Waals surface area contributed by atoms with E-state index in [1.54, 1.807) is 22.7 Å². The highest BCUT2D eigenvalue weighted by Gasteiger charge is 2.30. The first-order valence-electron chi connectivity index (χ1n) is 16.3. The lowest BCUT2D eigenvalue weighted by Gasteiger charge is -2.39. The molecule has 0 atom stereocenters. The van der Waals surface area contributed by atoms with Crippen LogP contribution < -0.4 is 24.2 Å². The van der Waals surface area contributed by atoms with Crippen LogP contribution in [-0.2, 0) is 11.3 Å². The van der Waals surface area contributed by atoms with Crippen molar-refractivity contribution in [3.63, 3.8) is 0 Å². The van der Waals surface area contributed by atoms with E-state index in [4.69, 9.17) is 9.47 Å². The lowest BCUT2D eigenvalue weighted by Crippen LogP contribution is -2.50. The zero-order valence-corrected chi connectivity index (χ0v) is 28.4. The van der Waals surface area contributed by atoms with Crippen LogP contribution in [-0.4, -0.2) is 60.2 Å². The van der Waals surface area contributed by atoms with Crippen molar-refractivity contribution in [2.75, 3.05) is 39.9 Å². The number of nitriles is 1. The second-order valence-corrected chi connectivity index (χ2v) is 12.7. The molecule has 9 heteroatoms.